The molecule has 0 amide bonds. The fourth-order valence-electron chi connectivity index (χ4n) is 5.36. The molecule has 1 aromatic heterocycles. The Morgan fingerprint density at radius 2 is 2.03 bits per heavy atom. The second kappa shape index (κ2) is 11.4. The highest BCUT2D eigenvalue weighted by atomic mass is 19.1. The third-order valence-corrected chi connectivity index (χ3v) is 7.26. The Morgan fingerprint density at radius 3 is 2.84 bits per heavy atom. The minimum atomic E-state index is -0.304. The van der Waals surface area contributed by atoms with Crippen LogP contribution in [0.5, 0.6) is 6.01 Å². The number of anilines is 1. The highest BCUT2D eigenvalue weighted by molar-refractivity contribution is 5.91. The number of benzene rings is 2. The third-order valence-electron chi connectivity index (χ3n) is 7.26. The number of aromatic nitrogens is 2. The summed E-state index contributed by atoms with van der Waals surface area (Å²) < 4.78 is 22.1. The maximum Gasteiger partial charge on any atom is 0.319 e. The van der Waals surface area contributed by atoms with E-state index in [0.29, 0.717) is 30.1 Å². The topological polar surface area (TPSA) is 44.7 Å². The van der Waals surface area contributed by atoms with Gasteiger partial charge in [0, 0.05) is 37.5 Å². The molecule has 194 valence electrons. The average molecular weight is 502 g/mol. The molecule has 6 nitrogen and oxygen atoms in total. The molecule has 0 aliphatic carbocycles. The lowest BCUT2D eigenvalue weighted by Gasteiger charge is -2.21. The van der Waals surface area contributed by atoms with Gasteiger partial charge in [0.1, 0.15) is 11.3 Å². The molecule has 3 aromatic rings. The van der Waals surface area contributed by atoms with E-state index in [2.05, 4.69) is 26.3 Å². The molecule has 1 unspecified atom stereocenters. The Balaban J connectivity index is 1.50. The van der Waals surface area contributed by atoms with Crippen LogP contribution in [0.2, 0.25) is 0 Å². The molecular formula is C30H36FN5O. The van der Waals surface area contributed by atoms with Gasteiger partial charge in [-0.05, 0) is 56.1 Å². The molecule has 0 radical (unpaired) electrons. The number of halogens is 1. The summed E-state index contributed by atoms with van der Waals surface area (Å²) in [6.45, 7) is 7.97. The summed E-state index contributed by atoms with van der Waals surface area (Å²) in [5, 5.41) is 0.739. The molecule has 2 saturated heterocycles. The molecule has 5 rings (SSSR count). The number of ether oxygens (including phenoxy) is 1. The minimum absolute atomic E-state index is 0.249. The van der Waals surface area contributed by atoms with Crippen molar-refractivity contribution in [3.63, 3.8) is 0 Å². The van der Waals surface area contributed by atoms with E-state index in [-0.39, 0.29) is 11.8 Å². The van der Waals surface area contributed by atoms with Crippen molar-refractivity contribution in [2.75, 3.05) is 51.9 Å². The van der Waals surface area contributed by atoms with Gasteiger partial charge in [0.25, 0.3) is 0 Å². The lowest BCUT2D eigenvalue weighted by molar-refractivity contribution is 0.264. The molecular weight excluding hydrogens is 465 g/mol. The first-order chi connectivity index (χ1) is 18.0. The number of rotatable bonds is 10. The molecule has 37 heavy (non-hydrogen) atoms. The molecule has 0 bridgehead atoms. The number of nitrogens with zero attached hydrogens (tertiary/aromatic N) is 5. The van der Waals surface area contributed by atoms with Crippen LogP contribution >= 0.6 is 0 Å². The Morgan fingerprint density at radius 1 is 1.16 bits per heavy atom. The summed E-state index contributed by atoms with van der Waals surface area (Å²) in [5.41, 5.74) is 3.04. The van der Waals surface area contributed by atoms with E-state index in [1.54, 1.807) is 6.08 Å². The van der Waals surface area contributed by atoms with E-state index >= 15 is 4.39 Å². The van der Waals surface area contributed by atoms with Crippen molar-refractivity contribution in [2.24, 2.45) is 0 Å². The highest BCUT2D eigenvalue weighted by Crippen LogP contribution is 2.34. The summed E-state index contributed by atoms with van der Waals surface area (Å²) in [4.78, 5) is 16.2. The molecule has 2 aromatic carbocycles. The Bertz CT molecular complexity index is 1280. The Labute approximate surface area is 219 Å². The van der Waals surface area contributed by atoms with E-state index in [1.807, 2.05) is 62.6 Å². The van der Waals surface area contributed by atoms with E-state index in [4.69, 9.17) is 9.72 Å². The lowest BCUT2D eigenvalue weighted by atomic mass is 9.98. The van der Waals surface area contributed by atoms with E-state index in [1.165, 1.54) is 12.8 Å². The number of hydrogen-bond acceptors (Lipinski definition) is 6. The van der Waals surface area contributed by atoms with Crippen LogP contribution in [0.1, 0.15) is 36.0 Å². The van der Waals surface area contributed by atoms with E-state index in [0.717, 1.165) is 55.1 Å². The van der Waals surface area contributed by atoms with Crippen LogP contribution in [-0.2, 0) is 6.42 Å². The van der Waals surface area contributed by atoms with Gasteiger partial charge in [0.15, 0.2) is 5.82 Å². The van der Waals surface area contributed by atoms with E-state index < -0.39 is 0 Å². The van der Waals surface area contributed by atoms with Gasteiger partial charge in [-0.2, -0.15) is 9.97 Å². The molecule has 3 heterocycles. The van der Waals surface area contributed by atoms with Crippen molar-refractivity contribution in [2.45, 2.75) is 31.7 Å². The van der Waals surface area contributed by atoms with Crippen molar-refractivity contribution in [1.82, 2.24) is 19.8 Å². The Kier molecular flexibility index (Phi) is 7.82. The Hall–Kier alpha value is -3.29. The zero-order chi connectivity index (χ0) is 25.8. The van der Waals surface area contributed by atoms with Gasteiger partial charge in [-0.25, -0.2) is 4.39 Å². The van der Waals surface area contributed by atoms with Crippen LogP contribution in [0, 0.1) is 5.82 Å². The van der Waals surface area contributed by atoms with Gasteiger partial charge in [-0.3, -0.25) is 4.90 Å². The highest BCUT2D eigenvalue weighted by Gasteiger charge is 2.35. The van der Waals surface area contributed by atoms with Crippen molar-refractivity contribution in [3.8, 4) is 6.01 Å². The van der Waals surface area contributed by atoms with Crippen LogP contribution in [0.3, 0.4) is 0 Å². The van der Waals surface area contributed by atoms with Crippen molar-refractivity contribution in [1.29, 1.82) is 0 Å². The maximum atomic E-state index is 16.1. The van der Waals surface area contributed by atoms with Gasteiger partial charge in [0.2, 0.25) is 0 Å². The molecule has 2 fully saturated rings. The van der Waals surface area contributed by atoms with Crippen molar-refractivity contribution < 1.29 is 9.13 Å². The zero-order valence-electron chi connectivity index (χ0n) is 21.9. The first-order valence-electron chi connectivity index (χ1n) is 13.2. The largest absolute Gasteiger partial charge is 0.463 e. The molecule has 1 atom stereocenters. The number of hydrogen-bond donors (Lipinski definition) is 0. The standard InChI is InChI=1S/C30H36FN5O/c1-4-5-10-22-11-6-7-12-23(22)19-24-14-15-26-28(27(24)31)32-30(37-18-9-16-34(2)3)33-29(26)36-20-25-13-8-17-35(25)21-36/h4-7,10-12,14-15,25H,1,8-9,13,16-21H2,2-3H3/b10-5-. The SMILES string of the molecule is C=C/C=C\c1ccccc1Cc1ccc2c(N3CC4CCCN4C3)nc(OCCCN(C)C)nc2c1F. The second-order valence-corrected chi connectivity index (χ2v) is 10.2. The zero-order valence-corrected chi connectivity index (χ0v) is 21.9. The summed E-state index contributed by atoms with van der Waals surface area (Å²) in [7, 11) is 4.07. The molecule has 0 saturated carbocycles. The van der Waals surface area contributed by atoms with Crippen LogP contribution in [0.15, 0.2) is 55.1 Å². The molecule has 2 aliphatic heterocycles. The van der Waals surface area contributed by atoms with Gasteiger partial charge < -0.3 is 14.5 Å². The summed E-state index contributed by atoms with van der Waals surface area (Å²) in [6, 6.07) is 12.7. The predicted molar refractivity (Wildman–Crippen MR) is 149 cm³/mol. The van der Waals surface area contributed by atoms with Crippen LogP contribution < -0.4 is 9.64 Å². The van der Waals surface area contributed by atoms with Crippen molar-refractivity contribution in [3.05, 3.63) is 77.6 Å². The lowest BCUT2D eigenvalue weighted by Crippen LogP contribution is -2.26. The summed E-state index contributed by atoms with van der Waals surface area (Å²) in [5.74, 6) is 0.461. The van der Waals surface area contributed by atoms with Crippen LogP contribution in [-0.4, -0.2) is 72.8 Å². The van der Waals surface area contributed by atoms with E-state index in [9.17, 15) is 0 Å². The van der Waals surface area contributed by atoms with Gasteiger partial charge >= 0.3 is 6.01 Å². The fraction of sp³-hybridized carbons (Fsp3) is 0.400. The van der Waals surface area contributed by atoms with Crippen molar-refractivity contribution >= 4 is 22.8 Å². The number of allylic oxidation sites excluding steroid dienone is 2. The van der Waals surface area contributed by atoms with Gasteiger partial charge in [-0.1, -0.05) is 55.1 Å². The summed E-state index contributed by atoms with van der Waals surface area (Å²) in [6.07, 6.45) is 9.40. The quantitative estimate of drug-likeness (QED) is 0.283. The molecule has 2 aliphatic rings. The normalized spacial score (nSPS) is 17.8. The second-order valence-electron chi connectivity index (χ2n) is 10.2. The van der Waals surface area contributed by atoms with Crippen LogP contribution in [0.25, 0.3) is 17.0 Å². The molecule has 0 spiro atoms. The van der Waals surface area contributed by atoms with Gasteiger partial charge in [-0.15, -0.1) is 0 Å². The summed E-state index contributed by atoms with van der Waals surface area (Å²) >= 11 is 0. The maximum absolute atomic E-state index is 16.1. The predicted octanol–water partition coefficient (Wildman–Crippen LogP) is 5.13. The molecule has 0 N–H and O–H groups in total. The minimum Gasteiger partial charge on any atom is -0.463 e. The smallest absolute Gasteiger partial charge is 0.319 e. The monoisotopic (exact) mass is 501 g/mol. The first kappa shape index (κ1) is 25.4. The average Bonchev–Trinajstić information content (AvgIpc) is 3.50. The fourth-order valence-corrected chi connectivity index (χ4v) is 5.36. The third kappa shape index (κ3) is 5.68. The van der Waals surface area contributed by atoms with Crippen LogP contribution in [0.4, 0.5) is 10.2 Å². The molecule has 7 heteroatoms. The van der Waals surface area contributed by atoms with Gasteiger partial charge in [0.05, 0.1) is 13.3 Å². The number of fused-ring (bicyclic) bond motifs is 2. The first-order valence-corrected chi connectivity index (χ1v) is 13.2.